The molecule has 0 spiro atoms. The highest BCUT2D eigenvalue weighted by Gasteiger charge is 2.26. The largest absolute Gasteiger partial charge is 0.371 e. The molecule has 18 heavy (non-hydrogen) atoms. The standard InChI is InChI=1S/C14H24N2OS/c1-4-11(17-6-3)14-16-13-10(15-5-2)8-7-9-12(13)18-14/h10-11,15H,4-9H2,1-3H3. The molecule has 0 saturated heterocycles. The Kier molecular flexibility index (Phi) is 5.15. The van der Waals surface area contributed by atoms with Gasteiger partial charge in [0.05, 0.1) is 11.7 Å². The summed E-state index contributed by atoms with van der Waals surface area (Å²) in [5.41, 5.74) is 1.29. The Morgan fingerprint density at radius 1 is 1.44 bits per heavy atom. The molecule has 1 aliphatic carbocycles. The van der Waals surface area contributed by atoms with E-state index < -0.39 is 0 Å². The van der Waals surface area contributed by atoms with Crippen LogP contribution in [0.15, 0.2) is 0 Å². The van der Waals surface area contributed by atoms with Gasteiger partial charge in [-0.1, -0.05) is 13.8 Å². The lowest BCUT2D eigenvalue weighted by Crippen LogP contribution is -2.24. The number of nitrogens with one attached hydrogen (secondary N) is 1. The van der Waals surface area contributed by atoms with Crippen molar-refractivity contribution in [1.29, 1.82) is 0 Å². The number of hydrogen-bond acceptors (Lipinski definition) is 4. The lowest BCUT2D eigenvalue weighted by molar-refractivity contribution is 0.0595. The molecule has 1 aromatic rings. The van der Waals surface area contributed by atoms with Crippen LogP contribution in [0.3, 0.4) is 0 Å². The second kappa shape index (κ2) is 6.64. The number of aromatic nitrogens is 1. The van der Waals surface area contributed by atoms with Gasteiger partial charge >= 0.3 is 0 Å². The second-order valence-corrected chi connectivity index (χ2v) is 5.83. The first-order valence-corrected chi connectivity index (χ1v) is 7.96. The average molecular weight is 268 g/mol. The van der Waals surface area contributed by atoms with Crippen LogP contribution in [0.2, 0.25) is 0 Å². The summed E-state index contributed by atoms with van der Waals surface area (Å²) in [6, 6.07) is 0.461. The number of aryl methyl sites for hydroxylation is 1. The van der Waals surface area contributed by atoms with Crippen molar-refractivity contribution in [3.05, 3.63) is 15.6 Å². The van der Waals surface area contributed by atoms with Crippen LogP contribution >= 0.6 is 11.3 Å². The molecule has 2 rings (SSSR count). The van der Waals surface area contributed by atoms with Crippen molar-refractivity contribution in [3.8, 4) is 0 Å². The minimum Gasteiger partial charge on any atom is -0.371 e. The maximum Gasteiger partial charge on any atom is 0.122 e. The molecule has 0 amide bonds. The van der Waals surface area contributed by atoms with Crippen LogP contribution in [0, 0.1) is 0 Å². The molecular weight excluding hydrogens is 244 g/mol. The van der Waals surface area contributed by atoms with Gasteiger partial charge in [0.15, 0.2) is 0 Å². The van der Waals surface area contributed by atoms with Crippen molar-refractivity contribution >= 4 is 11.3 Å². The zero-order valence-electron chi connectivity index (χ0n) is 11.7. The van der Waals surface area contributed by atoms with Gasteiger partial charge in [0.1, 0.15) is 11.1 Å². The van der Waals surface area contributed by atoms with E-state index in [1.165, 1.54) is 34.8 Å². The maximum atomic E-state index is 5.78. The van der Waals surface area contributed by atoms with Gasteiger partial charge < -0.3 is 10.1 Å². The Hall–Kier alpha value is -0.450. The molecule has 1 aromatic heterocycles. The first kappa shape index (κ1) is 14.0. The summed E-state index contributed by atoms with van der Waals surface area (Å²) in [6.45, 7) is 8.16. The van der Waals surface area contributed by atoms with Crippen molar-refractivity contribution in [3.63, 3.8) is 0 Å². The predicted molar refractivity (Wildman–Crippen MR) is 76.1 cm³/mol. The molecular formula is C14H24N2OS. The monoisotopic (exact) mass is 268 g/mol. The summed E-state index contributed by atoms with van der Waals surface area (Å²) in [6.07, 6.45) is 4.88. The van der Waals surface area contributed by atoms with E-state index in [9.17, 15) is 0 Å². The van der Waals surface area contributed by atoms with E-state index in [0.29, 0.717) is 6.04 Å². The van der Waals surface area contributed by atoms with E-state index in [2.05, 4.69) is 26.1 Å². The first-order valence-electron chi connectivity index (χ1n) is 7.14. The molecule has 2 unspecified atom stereocenters. The molecule has 1 heterocycles. The van der Waals surface area contributed by atoms with Crippen molar-refractivity contribution in [2.45, 2.75) is 58.6 Å². The predicted octanol–water partition coefficient (Wildman–Crippen LogP) is 3.62. The molecule has 0 radical (unpaired) electrons. The summed E-state index contributed by atoms with van der Waals surface area (Å²) in [4.78, 5) is 6.34. The molecule has 1 N–H and O–H groups in total. The molecule has 0 saturated carbocycles. The van der Waals surface area contributed by atoms with Crippen molar-refractivity contribution in [1.82, 2.24) is 10.3 Å². The van der Waals surface area contributed by atoms with E-state index in [1.807, 2.05) is 11.3 Å². The van der Waals surface area contributed by atoms with Crippen molar-refractivity contribution in [2.24, 2.45) is 0 Å². The number of fused-ring (bicyclic) bond motifs is 1. The van der Waals surface area contributed by atoms with Crippen LogP contribution in [0.25, 0.3) is 0 Å². The Morgan fingerprint density at radius 3 is 2.94 bits per heavy atom. The van der Waals surface area contributed by atoms with Gasteiger partial charge in [0.25, 0.3) is 0 Å². The Morgan fingerprint density at radius 2 is 2.28 bits per heavy atom. The number of nitrogens with zero attached hydrogens (tertiary/aromatic N) is 1. The third kappa shape index (κ3) is 2.92. The second-order valence-electron chi connectivity index (χ2n) is 4.72. The highest BCUT2D eigenvalue weighted by molar-refractivity contribution is 7.11. The molecule has 2 atom stereocenters. The molecule has 4 heteroatoms. The van der Waals surface area contributed by atoms with Gasteiger partial charge in [-0.25, -0.2) is 4.98 Å². The zero-order chi connectivity index (χ0) is 13.0. The summed E-state index contributed by atoms with van der Waals surface area (Å²) < 4.78 is 5.78. The van der Waals surface area contributed by atoms with Crippen LogP contribution in [-0.2, 0) is 11.2 Å². The third-order valence-electron chi connectivity index (χ3n) is 3.44. The lowest BCUT2D eigenvalue weighted by Gasteiger charge is -2.21. The van der Waals surface area contributed by atoms with Gasteiger partial charge in [0.2, 0.25) is 0 Å². The maximum absolute atomic E-state index is 5.78. The van der Waals surface area contributed by atoms with E-state index >= 15 is 0 Å². The third-order valence-corrected chi connectivity index (χ3v) is 4.66. The molecule has 102 valence electrons. The molecule has 0 aliphatic heterocycles. The van der Waals surface area contributed by atoms with Gasteiger partial charge in [-0.15, -0.1) is 11.3 Å². The van der Waals surface area contributed by atoms with E-state index in [1.54, 1.807) is 0 Å². The average Bonchev–Trinajstić information content (AvgIpc) is 2.81. The highest BCUT2D eigenvalue weighted by Crippen LogP contribution is 2.36. The fraction of sp³-hybridized carbons (Fsp3) is 0.786. The molecule has 0 fully saturated rings. The number of ether oxygens (including phenoxy) is 1. The summed E-state index contributed by atoms with van der Waals surface area (Å²) in [5.74, 6) is 0. The topological polar surface area (TPSA) is 34.1 Å². The quantitative estimate of drug-likeness (QED) is 0.855. The minimum absolute atomic E-state index is 0.188. The van der Waals surface area contributed by atoms with E-state index in [-0.39, 0.29) is 6.10 Å². The molecule has 1 aliphatic rings. The van der Waals surface area contributed by atoms with Crippen LogP contribution in [0.4, 0.5) is 0 Å². The van der Waals surface area contributed by atoms with Crippen LogP contribution in [0.5, 0.6) is 0 Å². The van der Waals surface area contributed by atoms with E-state index in [4.69, 9.17) is 9.72 Å². The van der Waals surface area contributed by atoms with Gasteiger partial charge in [-0.2, -0.15) is 0 Å². The Balaban J connectivity index is 2.20. The fourth-order valence-electron chi connectivity index (χ4n) is 2.59. The SMILES string of the molecule is CCNC1CCCc2sc(C(CC)OCC)nc21. The van der Waals surface area contributed by atoms with E-state index in [0.717, 1.165) is 19.6 Å². The normalized spacial score (nSPS) is 20.7. The van der Waals surface area contributed by atoms with Crippen molar-refractivity contribution < 1.29 is 4.74 Å². The minimum atomic E-state index is 0.188. The van der Waals surface area contributed by atoms with Gasteiger partial charge in [0, 0.05) is 11.5 Å². The highest BCUT2D eigenvalue weighted by atomic mass is 32.1. The number of rotatable bonds is 6. The van der Waals surface area contributed by atoms with Crippen molar-refractivity contribution in [2.75, 3.05) is 13.2 Å². The Bertz CT molecular complexity index is 378. The summed E-state index contributed by atoms with van der Waals surface area (Å²) in [5, 5.41) is 4.72. The first-order chi connectivity index (χ1) is 8.80. The summed E-state index contributed by atoms with van der Waals surface area (Å²) in [7, 11) is 0. The fourth-order valence-corrected chi connectivity index (χ4v) is 3.89. The molecule has 0 aromatic carbocycles. The smallest absolute Gasteiger partial charge is 0.122 e. The van der Waals surface area contributed by atoms with Crippen LogP contribution in [0.1, 0.15) is 67.8 Å². The molecule has 3 nitrogen and oxygen atoms in total. The molecule has 0 bridgehead atoms. The summed E-state index contributed by atoms with van der Waals surface area (Å²) >= 11 is 1.86. The van der Waals surface area contributed by atoms with Crippen LogP contribution in [-0.4, -0.2) is 18.1 Å². The van der Waals surface area contributed by atoms with Crippen LogP contribution < -0.4 is 5.32 Å². The zero-order valence-corrected chi connectivity index (χ0v) is 12.5. The van der Waals surface area contributed by atoms with Gasteiger partial charge in [-0.05, 0) is 39.2 Å². The number of thiazole rings is 1. The Labute approximate surface area is 114 Å². The van der Waals surface area contributed by atoms with Gasteiger partial charge in [-0.3, -0.25) is 0 Å². The number of hydrogen-bond donors (Lipinski definition) is 1. The lowest BCUT2D eigenvalue weighted by atomic mass is 9.98.